The maximum absolute atomic E-state index is 13.1. The summed E-state index contributed by atoms with van der Waals surface area (Å²) in [7, 11) is 0. The second kappa shape index (κ2) is 49.9. The molecular weight excluding hydrogens is 1880 g/mol. The van der Waals surface area contributed by atoms with Gasteiger partial charge in [-0.15, -0.1) is 11.8 Å². The Kier molecular flexibility index (Phi) is 39.3. The smallest absolute Gasteiger partial charge is 0.327 e. The topological polar surface area (TPSA) is 398 Å². The molecule has 1 aliphatic heterocycles. The van der Waals surface area contributed by atoms with Gasteiger partial charge in [-0.2, -0.15) is 0 Å². The quantitative estimate of drug-likeness (QED) is 0.0248. The van der Waals surface area contributed by atoms with Crippen LogP contribution >= 0.6 is 69.8 Å². The number of nitrogens with zero attached hydrogens (tertiary/aromatic N) is 18. The molecule has 0 bridgehead atoms. The lowest BCUT2D eigenvalue weighted by Crippen LogP contribution is -2.39. The van der Waals surface area contributed by atoms with Crippen LogP contribution in [0.25, 0.3) is 95.4 Å². The normalized spacial score (nSPS) is 12.4. The molecular formula is C96H126Cl5F2N25O8S. The first-order valence-corrected chi connectivity index (χ1v) is 49.6. The van der Waals surface area contributed by atoms with E-state index < -0.39 is 6.43 Å². The van der Waals surface area contributed by atoms with Crippen LogP contribution in [0, 0.1) is 24.2 Å². The Morgan fingerprint density at radius 3 is 1.28 bits per heavy atom. The fourth-order valence-electron chi connectivity index (χ4n) is 16.4. The van der Waals surface area contributed by atoms with Crippen LogP contribution in [0.5, 0.6) is 0 Å². The van der Waals surface area contributed by atoms with E-state index in [2.05, 4.69) is 194 Å². The zero-order valence-electron chi connectivity index (χ0n) is 81.0. The van der Waals surface area contributed by atoms with E-state index in [0.717, 1.165) is 164 Å². The van der Waals surface area contributed by atoms with Crippen LogP contribution in [0.1, 0.15) is 228 Å². The lowest BCUT2D eigenvalue weighted by atomic mass is 9.97. The van der Waals surface area contributed by atoms with Crippen molar-refractivity contribution in [3.05, 3.63) is 220 Å². The number of morpholine rings is 1. The van der Waals surface area contributed by atoms with E-state index in [-0.39, 0.29) is 75.2 Å². The largest absolute Gasteiger partial charge is 0.379 e. The number of thioether (sulfide) groups is 1. The SMILES string of the molecule is C=Cc1cnc2[nH]c(=O)n(C(CC)CC)c2c1.CC(C)(C)Cn1c(=O)[nH]c2ncc(Cl)cc21.CC(C)Cn1c(=O)[nH]c2ncc(Cl)cc21.CCC(CC)Cn1c(=O)[nH]c2ncc(Cl)cc21.CCC(CC)n1c(=O)[nH]c2ncc(SC)cc21.CCC(CC)n1c(C(F)F)nc2ncc(Cl)cc21.CCc1cnc2[nH]c(=O)n(C(CC)CC)c2c1.Cc1c(Cl)cnc2[nH]c(=O)n(CCN3CCOCC3)c12. The Balaban J connectivity index is 0.000000162. The molecule has 0 unspecified atom stereocenters. The monoisotopic (exact) mass is 2000 g/mol. The van der Waals surface area contributed by atoms with Gasteiger partial charge in [0, 0.05) is 124 Å². The first-order chi connectivity index (χ1) is 65.5. The van der Waals surface area contributed by atoms with E-state index in [4.69, 9.17) is 62.7 Å². The van der Waals surface area contributed by atoms with Crippen molar-refractivity contribution in [2.75, 3.05) is 39.1 Å². The van der Waals surface area contributed by atoms with Gasteiger partial charge < -0.3 is 9.30 Å². The van der Waals surface area contributed by atoms with Crippen molar-refractivity contribution in [2.24, 2.45) is 17.3 Å². The highest BCUT2D eigenvalue weighted by Crippen LogP contribution is 2.33. The molecule has 1 fully saturated rings. The maximum Gasteiger partial charge on any atom is 0.327 e. The standard InChI is InChI=1S/C13H17ClN4O2.C13H19N3O.C13H17N3O.C12H14ClF2N3.C12H16ClN3O.C12H17N3OS.C11H14ClN3O.C10H12ClN3O/c1-9-10(14)8-15-12-11(9)18(13(19)16-12)3-2-17-4-6-20-7-5-17;2*1-4-9-7-11-12(14-8-9)15-13(17)16(11)10(5-2)6-3;1-3-8(4-2)18-9-5-7(13)6-16-11(9)17-12(18)10(14)15;1-3-8(4-2)7-16-10-5-9(13)6-14-11(10)15-12(16)17;1-4-8(5-2)15-10-6-9(17-3)7-13-11(10)14-12(15)16;1-11(2,3)6-15-8-4-7(12)5-13-9(8)14-10(15)16;1-6(2)5-14-8-3-7(11)4-12-9(8)13-10(14)15/h8H,2-7H2,1H3,(H,15,16,19);7-8,10H,4-6H2,1-3H3,(H,14,15,17);4,7-8,10H,1,5-6H2,2-3H3,(H,14,15,17);5-6,8,10H,3-4H2,1-2H3;5-6,8H,3-4,7H2,1-2H3,(H,14,15,17);6-8H,4-5H2,1-3H3,(H,13,14,16);4-5H,6H2,1-3H3,(H,13,14,16);3-4,6H,5H2,1-2H3,(H,12,13,15). The van der Waals surface area contributed by atoms with Crippen molar-refractivity contribution in [3.8, 4) is 0 Å². The Hall–Kier alpha value is -11.1. The Morgan fingerprint density at radius 2 is 0.832 bits per heavy atom. The first kappa shape index (κ1) is 108. The molecule has 1 saturated heterocycles. The number of rotatable bonds is 26. The van der Waals surface area contributed by atoms with Crippen LogP contribution in [-0.4, -0.2) is 160 Å². The second-order valence-corrected chi connectivity index (χ2v) is 37.9. The first-order valence-electron chi connectivity index (χ1n) is 46.5. The number of hydrogen-bond acceptors (Lipinski definition) is 19. The Morgan fingerprint density at radius 1 is 0.445 bits per heavy atom. The van der Waals surface area contributed by atoms with Gasteiger partial charge in [-0.05, 0) is 147 Å². The molecule has 0 radical (unpaired) electrons. The number of ether oxygens (including phenoxy) is 1. The van der Waals surface area contributed by atoms with Crippen LogP contribution in [-0.2, 0) is 37.3 Å². The summed E-state index contributed by atoms with van der Waals surface area (Å²) in [5.74, 6) is 0.680. The van der Waals surface area contributed by atoms with Crippen LogP contribution in [0.4, 0.5) is 8.78 Å². The number of imidazole rings is 8. The van der Waals surface area contributed by atoms with Gasteiger partial charge in [-0.3, -0.25) is 71.8 Å². The molecule has 0 aromatic carbocycles. The van der Waals surface area contributed by atoms with Gasteiger partial charge in [0.1, 0.15) is 0 Å². The summed E-state index contributed by atoms with van der Waals surface area (Å²) in [5, 5.41) is 2.63. The minimum Gasteiger partial charge on any atom is -0.379 e. The molecule has 738 valence electrons. The number of aromatic nitrogens is 24. The zero-order valence-corrected chi connectivity index (χ0v) is 85.6. The third-order valence-electron chi connectivity index (χ3n) is 23.9. The van der Waals surface area contributed by atoms with Crippen LogP contribution in [0.3, 0.4) is 0 Å². The lowest BCUT2D eigenvalue weighted by molar-refractivity contribution is 0.0364. The van der Waals surface area contributed by atoms with Gasteiger partial charge in [0.2, 0.25) is 0 Å². The van der Waals surface area contributed by atoms with Gasteiger partial charge in [0.25, 0.3) is 6.43 Å². The number of alkyl halides is 2. The molecule has 137 heavy (non-hydrogen) atoms. The van der Waals surface area contributed by atoms with Crippen molar-refractivity contribution in [3.63, 3.8) is 0 Å². The highest BCUT2D eigenvalue weighted by atomic mass is 35.5. The van der Waals surface area contributed by atoms with Gasteiger partial charge in [-0.25, -0.2) is 87.2 Å². The predicted molar refractivity (Wildman–Crippen MR) is 550 cm³/mol. The molecule has 41 heteroatoms. The summed E-state index contributed by atoms with van der Waals surface area (Å²) in [4.78, 5) is 143. The van der Waals surface area contributed by atoms with Crippen molar-refractivity contribution >= 4 is 165 Å². The van der Waals surface area contributed by atoms with E-state index >= 15 is 0 Å². The Labute approximate surface area is 820 Å². The summed E-state index contributed by atoms with van der Waals surface area (Å²) in [6, 6.07) is 13.7. The number of fused-ring (bicyclic) bond motifs is 8. The van der Waals surface area contributed by atoms with E-state index in [1.54, 1.807) is 94.3 Å². The Bertz CT molecular complexity index is 7070. The summed E-state index contributed by atoms with van der Waals surface area (Å²) in [6.07, 6.45) is 24.3. The zero-order chi connectivity index (χ0) is 100.0. The van der Waals surface area contributed by atoms with Crippen LogP contribution in [0.15, 0.2) is 137 Å². The average molecular weight is 2010 g/mol. The van der Waals surface area contributed by atoms with Gasteiger partial charge in [-0.1, -0.05) is 194 Å². The molecule has 0 aliphatic carbocycles. The molecule has 0 spiro atoms. The van der Waals surface area contributed by atoms with E-state index in [1.165, 1.54) is 18.6 Å². The van der Waals surface area contributed by atoms with E-state index in [1.807, 2.05) is 54.5 Å². The highest BCUT2D eigenvalue weighted by Gasteiger charge is 2.26. The van der Waals surface area contributed by atoms with Gasteiger partial charge in [0.15, 0.2) is 51.0 Å². The number of aryl methyl sites for hydroxylation is 2. The second-order valence-electron chi connectivity index (χ2n) is 34.8. The van der Waals surface area contributed by atoms with Crippen LogP contribution in [0.2, 0.25) is 25.1 Å². The van der Waals surface area contributed by atoms with Gasteiger partial charge >= 0.3 is 39.8 Å². The molecule has 17 rings (SSSR count). The molecule has 7 N–H and O–H groups in total. The third kappa shape index (κ3) is 26.9. The highest BCUT2D eigenvalue weighted by molar-refractivity contribution is 7.98. The minimum atomic E-state index is -2.61. The maximum atomic E-state index is 13.1. The summed E-state index contributed by atoms with van der Waals surface area (Å²) in [5.41, 5.74) is 13.4. The van der Waals surface area contributed by atoms with Crippen LogP contribution < -0.4 is 39.8 Å². The van der Waals surface area contributed by atoms with E-state index in [9.17, 15) is 42.3 Å². The molecule has 1 aliphatic rings. The third-order valence-corrected chi connectivity index (χ3v) is 25.8. The molecule has 33 nitrogen and oxygen atoms in total. The fraction of sp³-hybridized carbons (Fsp3) is 0.479. The number of H-pyrrole nitrogens is 7. The molecule has 16 aromatic heterocycles. The number of halogens is 7. The van der Waals surface area contributed by atoms with E-state index in [0.29, 0.717) is 114 Å². The number of nitrogens with one attached hydrogen (secondary N) is 7. The molecule has 0 atom stereocenters. The summed E-state index contributed by atoms with van der Waals surface area (Å²) >= 11 is 31.3. The minimum absolute atomic E-state index is 0.0146. The molecule has 16 aromatic rings. The number of aromatic amines is 7. The predicted octanol–water partition coefficient (Wildman–Crippen LogP) is 20.9. The van der Waals surface area contributed by atoms with Gasteiger partial charge in [0.05, 0.1) is 82.5 Å². The van der Waals surface area contributed by atoms with Crippen molar-refractivity contribution in [2.45, 2.75) is 250 Å². The summed E-state index contributed by atoms with van der Waals surface area (Å²) in [6.45, 7) is 45.7. The average Bonchev–Trinajstić information content (AvgIpc) is 1.61. The molecule has 17 heterocycles. The summed E-state index contributed by atoms with van der Waals surface area (Å²) < 4.78 is 45.3. The molecule has 0 amide bonds. The van der Waals surface area contributed by atoms with Crippen molar-refractivity contribution in [1.82, 2.24) is 121 Å². The number of hydrogen-bond donors (Lipinski definition) is 7. The lowest BCUT2D eigenvalue weighted by Gasteiger charge is -2.26. The molecule has 0 saturated carbocycles. The fourth-order valence-corrected chi connectivity index (χ4v) is 17.5. The van der Waals surface area contributed by atoms with Crippen molar-refractivity contribution in [1.29, 1.82) is 0 Å². The van der Waals surface area contributed by atoms with Crippen molar-refractivity contribution < 1.29 is 13.5 Å². The number of pyridine rings is 8.